The predicted octanol–water partition coefficient (Wildman–Crippen LogP) is 4.43. The first kappa shape index (κ1) is 24.2. The molecule has 0 radical (unpaired) electrons. The van der Waals surface area contributed by atoms with Crippen LogP contribution in [0.15, 0.2) is 42.7 Å². The van der Waals surface area contributed by atoms with Crippen molar-refractivity contribution in [2.45, 2.75) is 52.6 Å². The van der Waals surface area contributed by atoms with E-state index in [0.717, 1.165) is 31.5 Å². The Morgan fingerprint density at radius 1 is 1.06 bits per heavy atom. The summed E-state index contributed by atoms with van der Waals surface area (Å²) in [7, 11) is 1.57. The van der Waals surface area contributed by atoms with Gasteiger partial charge in [-0.1, -0.05) is 19.9 Å². The summed E-state index contributed by atoms with van der Waals surface area (Å²) in [5.41, 5.74) is 1.56. The number of pyridine rings is 1. The van der Waals surface area contributed by atoms with Gasteiger partial charge >= 0.3 is 0 Å². The lowest BCUT2D eigenvalue weighted by molar-refractivity contribution is -0.131. The number of hydrogen-bond donors (Lipinski definition) is 1. The molecule has 2 amide bonds. The van der Waals surface area contributed by atoms with E-state index in [0.29, 0.717) is 36.6 Å². The molecule has 1 aromatic carbocycles. The Morgan fingerprint density at radius 3 is 2.48 bits per heavy atom. The number of nitrogens with zero attached hydrogens (tertiary/aromatic N) is 2. The highest BCUT2D eigenvalue weighted by molar-refractivity contribution is 5.91. The maximum atomic E-state index is 12.3. The van der Waals surface area contributed by atoms with Gasteiger partial charge < -0.3 is 19.7 Å². The van der Waals surface area contributed by atoms with Gasteiger partial charge in [-0.05, 0) is 37.5 Å². The molecular weight excluding hydrogens is 394 g/mol. The Labute approximate surface area is 184 Å². The maximum absolute atomic E-state index is 12.3. The molecule has 1 N–H and O–H groups in total. The molecule has 7 nitrogen and oxygen atoms in total. The van der Waals surface area contributed by atoms with Crippen molar-refractivity contribution in [1.29, 1.82) is 0 Å². The number of hydrogen-bond acceptors (Lipinski definition) is 5. The van der Waals surface area contributed by atoms with Crippen molar-refractivity contribution in [3.8, 4) is 11.5 Å². The molecule has 2 aromatic rings. The highest BCUT2D eigenvalue weighted by atomic mass is 16.5. The van der Waals surface area contributed by atoms with E-state index >= 15 is 0 Å². The highest BCUT2D eigenvalue weighted by Crippen LogP contribution is 2.31. The minimum Gasteiger partial charge on any atom is -0.493 e. The first-order valence-corrected chi connectivity index (χ1v) is 10.8. The van der Waals surface area contributed by atoms with Crippen LogP contribution in [0.3, 0.4) is 0 Å². The van der Waals surface area contributed by atoms with Gasteiger partial charge in [0.1, 0.15) is 6.61 Å². The molecule has 168 valence electrons. The third kappa shape index (κ3) is 8.28. The molecule has 7 heteroatoms. The topological polar surface area (TPSA) is 80.8 Å². The number of anilines is 1. The second kappa shape index (κ2) is 13.3. The van der Waals surface area contributed by atoms with E-state index < -0.39 is 0 Å². The standard InChI is InChI=1S/C24H33N3O4/c1-4-14-27(15-5-2)24(29)10-6-9-23(28)26-20-11-12-21(30-3)22(16-20)31-18-19-8-7-13-25-17-19/h7-8,11-13,16-17H,4-6,9-10,14-15,18H2,1-3H3,(H,26,28). The monoisotopic (exact) mass is 427 g/mol. The minimum absolute atomic E-state index is 0.118. The largest absolute Gasteiger partial charge is 0.493 e. The zero-order chi connectivity index (χ0) is 22.5. The summed E-state index contributed by atoms with van der Waals surface area (Å²) in [6.45, 7) is 6.01. The van der Waals surface area contributed by atoms with Crippen LogP contribution in [0.1, 0.15) is 51.5 Å². The summed E-state index contributed by atoms with van der Waals surface area (Å²) in [5.74, 6) is 1.11. The summed E-state index contributed by atoms with van der Waals surface area (Å²) < 4.78 is 11.2. The average molecular weight is 428 g/mol. The van der Waals surface area contributed by atoms with Gasteiger partial charge in [0.15, 0.2) is 11.5 Å². The Kier molecular flexibility index (Phi) is 10.3. The van der Waals surface area contributed by atoms with E-state index in [4.69, 9.17) is 9.47 Å². The van der Waals surface area contributed by atoms with Crippen molar-refractivity contribution in [3.05, 3.63) is 48.3 Å². The van der Waals surface area contributed by atoms with Crippen molar-refractivity contribution in [2.24, 2.45) is 0 Å². The minimum atomic E-state index is -0.131. The van der Waals surface area contributed by atoms with Gasteiger partial charge in [0.25, 0.3) is 0 Å². The smallest absolute Gasteiger partial charge is 0.224 e. The molecule has 0 saturated heterocycles. The van der Waals surface area contributed by atoms with Crippen LogP contribution in [0.2, 0.25) is 0 Å². The fraction of sp³-hybridized carbons (Fsp3) is 0.458. The van der Waals surface area contributed by atoms with E-state index in [1.807, 2.05) is 17.0 Å². The van der Waals surface area contributed by atoms with Crippen LogP contribution >= 0.6 is 0 Å². The molecule has 0 bridgehead atoms. The summed E-state index contributed by atoms with van der Waals surface area (Å²) in [6.07, 6.45) is 6.52. The molecule has 0 saturated carbocycles. The van der Waals surface area contributed by atoms with Crippen LogP contribution in [0.5, 0.6) is 11.5 Å². The normalized spacial score (nSPS) is 10.4. The van der Waals surface area contributed by atoms with Gasteiger partial charge in [0, 0.05) is 55.6 Å². The number of methoxy groups -OCH3 is 1. The molecule has 1 heterocycles. The molecule has 0 atom stereocenters. The first-order chi connectivity index (χ1) is 15.1. The first-order valence-electron chi connectivity index (χ1n) is 10.8. The van der Waals surface area contributed by atoms with Crippen molar-refractivity contribution in [2.75, 3.05) is 25.5 Å². The quantitative estimate of drug-likeness (QED) is 0.512. The SMILES string of the molecule is CCCN(CCC)C(=O)CCCC(=O)Nc1ccc(OC)c(OCc2cccnc2)c1. The second-order valence-corrected chi connectivity index (χ2v) is 7.30. The van der Waals surface area contributed by atoms with Crippen LogP contribution in [0.4, 0.5) is 5.69 Å². The van der Waals surface area contributed by atoms with E-state index in [1.165, 1.54) is 0 Å². The lowest BCUT2D eigenvalue weighted by Crippen LogP contribution is -2.32. The van der Waals surface area contributed by atoms with Crippen molar-refractivity contribution >= 4 is 17.5 Å². The van der Waals surface area contributed by atoms with Crippen molar-refractivity contribution in [3.63, 3.8) is 0 Å². The van der Waals surface area contributed by atoms with Crippen molar-refractivity contribution in [1.82, 2.24) is 9.88 Å². The Hall–Kier alpha value is -3.09. The number of rotatable bonds is 13. The lowest BCUT2D eigenvalue weighted by Gasteiger charge is -2.21. The van der Waals surface area contributed by atoms with E-state index in [9.17, 15) is 9.59 Å². The number of carbonyl (C=O) groups is 2. The predicted molar refractivity (Wildman–Crippen MR) is 121 cm³/mol. The van der Waals surface area contributed by atoms with Crippen LogP contribution in [0.25, 0.3) is 0 Å². The number of carbonyl (C=O) groups excluding carboxylic acids is 2. The molecule has 31 heavy (non-hydrogen) atoms. The fourth-order valence-corrected chi connectivity index (χ4v) is 3.19. The molecule has 1 aromatic heterocycles. The number of aromatic nitrogens is 1. The molecule has 0 spiro atoms. The molecule has 0 aliphatic carbocycles. The highest BCUT2D eigenvalue weighted by Gasteiger charge is 2.13. The van der Waals surface area contributed by atoms with E-state index in [2.05, 4.69) is 24.1 Å². The summed E-state index contributed by atoms with van der Waals surface area (Å²) in [4.78, 5) is 30.6. The fourth-order valence-electron chi connectivity index (χ4n) is 3.19. The zero-order valence-corrected chi connectivity index (χ0v) is 18.7. The van der Waals surface area contributed by atoms with Gasteiger partial charge in [0.05, 0.1) is 7.11 Å². The summed E-state index contributed by atoms with van der Waals surface area (Å²) in [5, 5.41) is 2.87. The number of benzene rings is 1. The Bertz CT molecular complexity index is 821. The van der Waals surface area contributed by atoms with Gasteiger partial charge in [-0.15, -0.1) is 0 Å². The lowest BCUT2D eigenvalue weighted by atomic mass is 10.2. The van der Waals surface area contributed by atoms with Crippen LogP contribution < -0.4 is 14.8 Å². The van der Waals surface area contributed by atoms with Crippen LogP contribution in [-0.4, -0.2) is 41.9 Å². The molecule has 0 aliphatic heterocycles. The second-order valence-electron chi connectivity index (χ2n) is 7.30. The van der Waals surface area contributed by atoms with Crippen LogP contribution in [-0.2, 0) is 16.2 Å². The van der Waals surface area contributed by atoms with Crippen LogP contribution in [0, 0.1) is 0 Å². The van der Waals surface area contributed by atoms with Gasteiger partial charge in [-0.3, -0.25) is 14.6 Å². The van der Waals surface area contributed by atoms with Gasteiger partial charge in [0.2, 0.25) is 11.8 Å². The van der Waals surface area contributed by atoms with Gasteiger partial charge in [-0.25, -0.2) is 0 Å². The molecule has 0 aliphatic rings. The molecular formula is C24H33N3O4. The molecule has 0 fully saturated rings. The Morgan fingerprint density at radius 2 is 1.84 bits per heavy atom. The number of ether oxygens (including phenoxy) is 2. The zero-order valence-electron chi connectivity index (χ0n) is 18.7. The number of amides is 2. The van der Waals surface area contributed by atoms with Crippen molar-refractivity contribution < 1.29 is 19.1 Å². The third-order valence-corrected chi connectivity index (χ3v) is 4.70. The maximum Gasteiger partial charge on any atom is 0.224 e. The number of nitrogens with one attached hydrogen (secondary N) is 1. The average Bonchev–Trinajstić information content (AvgIpc) is 2.78. The molecule has 0 unspecified atom stereocenters. The van der Waals surface area contributed by atoms with E-state index in [-0.39, 0.29) is 18.2 Å². The Balaban J connectivity index is 1.87. The summed E-state index contributed by atoms with van der Waals surface area (Å²) >= 11 is 0. The summed E-state index contributed by atoms with van der Waals surface area (Å²) in [6, 6.07) is 9.03. The third-order valence-electron chi connectivity index (χ3n) is 4.70. The van der Waals surface area contributed by atoms with E-state index in [1.54, 1.807) is 37.7 Å². The molecule has 2 rings (SSSR count). The van der Waals surface area contributed by atoms with Gasteiger partial charge in [-0.2, -0.15) is 0 Å².